The number of hydrogen-bond acceptors (Lipinski definition) is 10. The summed E-state index contributed by atoms with van der Waals surface area (Å²) in [7, 11) is 2.17. The molecule has 17 heteroatoms. The number of alkyl halides is 3. The third kappa shape index (κ3) is 9.99. The number of hydrogen-bond donors (Lipinski definition) is 4. The Bertz CT molecular complexity index is 2350. The molecule has 4 heterocycles. The van der Waals surface area contributed by atoms with E-state index in [0.717, 1.165) is 93.3 Å². The van der Waals surface area contributed by atoms with Gasteiger partial charge in [-0.15, -0.1) is 0 Å². The first kappa shape index (κ1) is 44.4. The van der Waals surface area contributed by atoms with Crippen LogP contribution >= 0.6 is 0 Å². The molecule has 14 nitrogen and oxygen atoms in total. The van der Waals surface area contributed by atoms with Crippen LogP contribution in [0.5, 0.6) is 0 Å². The summed E-state index contributed by atoms with van der Waals surface area (Å²) in [6, 6.07) is 10.8. The van der Waals surface area contributed by atoms with Gasteiger partial charge in [0.15, 0.2) is 0 Å². The molecule has 0 radical (unpaired) electrons. The zero-order valence-corrected chi connectivity index (χ0v) is 35.2. The van der Waals surface area contributed by atoms with E-state index < -0.39 is 53.0 Å². The maximum atomic E-state index is 13.3. The Morgan fingerprint density at radius 1 is 0.919 bits per heavy atom. The zero-order valence-electron chi connectivity index (χ0n) is 35.2. The molecule has 1 saturated heterocycles. The number of nitrogens with one attached hydrogen (secondary N) is 3. The highest BCUT2D eigenvalue weighted by molar-refractivity contribution is 6.25. The number of rotatable bonds is 16. The number of nitrogens with zero attached hydrogens (tertiary/aromatic N) is 5. The number of benzene rings is 2. The number of anilines is 2. The first-order valence-electron chi connectivity index (χ1n) is 21.4. The number of piperidine rings is 1. The molecule has 0 bridgehead atoms. The van der Waals surface area contributed by atoms with Gasteiger partial charge in [-0.05, 0) is 115 Å². The Hall–Kier alpha value is -5.68. The van der Waals surface area contributed by atoms with Gasteiger partial charge >= 0.3 is 6.18 Å². The largest absolute Gasteiger partial charge is 0.433 e. The number of fused-ring (bicyclic) bond motifs is 2. The molecule has 330 valence electrons. The number of imide groups is 2. The van der Waals surface area contributed by atoms with Crippen molar-refractivity contribution in [3.8, 4) is 0 Å². The van der Waals surface area contributed by atoms with Crippen LogP contribution in [-0.2, 0) is 21.4 Å². The van der Waals surface area contributed by atoms with Crippen LogP contribution in [0, 0.1) is 5.92 Å². The van der Waals surface area contributed by atoms with Gasteiger partial charge in [-0.25, -0.2) is 4.98 Å². The van der Waals surface area contributed by atoms with Gasteiger partial charge < -0.3 is 20.6 Å². The van der Waals surface area contributed by atoms with Crippen LogP contribution in [0.1, 0.15) is 133 Å². The standard InChI is InChI=1S/C45H53F3N8O6/c1-44(2,62)31-24-34-28(23-35(31)51-40(58)33-13-10-14-37(50-33)45(46,47)48)26-55(53-34)29-17-15-27(16-18-29)25-54(3)22-8-6-4-5-7-21-49-32-12-9-11-30-39(32)43(61)56(42(30)60)36-19-20-38(57)52-41(36)59/h9-14,23-24,26-27,29,36,49,62H,4-8,15-22,25H2,1-3H3,(H,51,58)(H,52,57,59)/t27-,29-,36?. The van der Waals surface area contributed by atoms with Gasteiger partial charge in [-0.3, -0.25) is 38.9 Å². The number of halogens is 3. The molecule has 62 heavy (non-hydrogen) atoms. The van der Waals surface area contributed by atoms with Crippen LogP contribution in [0.15, 0.2) is 54.7 Å². The maximum Gasteiger partial charge on any atom is 0.433 e. The van der Waals surface area contributed by atoms with E-state index in [1.807, 2.05) is 10.9 Å². The van der Waals surface area contributed by atoms with Crippen molar-refractivity contribution in [2.45, 2.75) is 108 Å². The SMILES string of the molecule is CN(CCCCCCCNc1cccc2c1C(=O)N(C1CCC(=O)NC1=O)C2=O)C[C@H]1CC[C@H](n2cc3cc(NC(=O)c4cccc(C(F)(F)F)n4)c(C(C)(C)O)cc3n2)CC1. The molecule has 2 aliphatic heterocycles. The molecule has 2 aromatic carbocycles. The van der Waals surface area contributed by atoms with Crippen LogP contribution in [0.4, 0.5) is 24.5 Å². The minimum Gasteiger partial charge on any atom is -0.386 e. The highest BCUT2D eigenvalue weighted by atomic mass is 19.4. The second kappa shape index (κ2) is 18.3. The Kier molecular flexibility index (Phi) is 13.1. The fraction of sp³-hybridized carbons (Fsp3) is 0.489. The molecule has 5 amide bonds. The van der Waals surface area contributed by atoms with E-state index in [9.17, 15) is 42.3 Å². The fourth-order valence-electron chi connectivity index (χ4n) is 8.84. The first-order valence-corrected chi connectivity index (χ1v) is 21.4. The van der Waals surface area contributed by atoms with Crippen LogP contribution < -0.4 is 16.0 Å². The van der Waals surface area contributed by atoms with Gasteiger partial charge in [0.2, 0.25) is 11.8 Å². The van der Waals surface area contributed by atoms with Crippen molar-refractivity contribution in [1.29, 1.82) is 0 Å². The van der Waals surface area contributed by atoms with Gasteiger partial charge in [0.1, 0.15) is 17.4 Å². The van der Waals surface area contributed by atoms with Gasteiger partial charge in [-0.1, -0.05) is 31.4 Å². The molecule has 1 atom stereocenters. The van der Waals surface area contributed by atoms with Gasteiger partial charge in [0.05, 0.1) is 28.3 Å². The molecular weight excluding hydrogens is 806 g/mol. The number of carbonyl (C=O) groups is 5. The average molecular weight is 859 g/mol. The number of aliphatic hydroxyl groups is 1. The molecule has 4 N–H and O–H groups in total. The van der Waals surface area contributed by atoms with Gasteiger partial charge in [-0.2, -0.15) is 18.3 Å². The summed E-state index contributed by atoms with van der Waals surface area (Å²) in [5.74, 6) is -2.32. The predicted molar refractivity (Wildman–Crippen MR) is 225 cm³/mol. The third-order valence-electron chi connectivity index (χ3n) is 12.1. The number of unbranched alkanes of at least 4 members (excludes halogenated alkanes) is 4. The van der Waals surface area contributed by atoms with E-state index in [2.05, 4.69) is 32.9 Å². The molecule has 4 aromatic rings. The van der Waals surface area contributed by atoms with E-state index in [1.165, 1.54) is 6.07 Å². The summed E-state index contributed by atoms with van der Waals surface area (Å²) < 4.78 is 41.7. The van der Waals surface area contributed by atoms with Crippen LogP contribution in [0.2, 0.25) is 0 Å². The summed E-state index contributed by atoms with van der Waals surface area (Å²) >= 11 is 0. The van der Waals surface area contributed by atoms with Crippen LogP contribution in [0.25, 0.3) is 10.9 Å². The molecule has 2 fully saturated rings. The first-order chi connectivity index (χ1) is 29.5. The Morgan fingerprint density at radius 3 is 2.37 bits per heavy atom. The van der Waals surface area contributed by atoms with Crippen molar-refractivity contribution in [3.05, 3.63) is 82.8 Å². The Morgan fingerprint density at radius 2 is 1.65 bits per heavy atom. The van der Waals surface area contributed by atoms with E-state index >= 15 is 0 Å². The van der Waals surface area contributed by atoms with E-state index in [0.29, 0.717) is 29.2 Å². The summed E-state index contributed by atoms with van der Waals surface area (Å²) in [6.07, 6.45) is 6.60. The summed E-state index contributed by atoms with van der Waals surface area (Å²) in [5, 5.41) is 24.7. The normalized spacial score (nSPS) is 19.6. The molecule has 3 aliphatic rings. The lowest BCUT2D eigenvalue weighted by Crippen LogP contribution is -2.54. The smallest absolute Gasteiger partial charge is 0.386 e. The third-order valence-corrected chi connectivity index (χ3v) is 12.1. The number of pyridine rings is 1. The van der Waals surface area contributed by atoms with Crippen molar-refractivity contribution >= 4 is 51.8 Å². The Balaban J connectivity index is 0.825. The second-order valence-electron chi connectivity index (χ2n) is 17.3. The summed E-state index contributed by atoms with van der Waals surface area (Å²) in [6.45, 7) is 5.79. The zero-order chi connectivity index (χ0) is 44.3. The lowest BCUT2D eigenvalue weighted by molar-refractivity contribution is -0.141. The molecule has 7 rings (SSSR count). The quantitative estimate of drug-likeness (QED) is 0.0674. The van der Waals surface area contributed by atoms with E-state index in [1.54, 1.807) is 44.2 Å². The molecular formula is C45H53F3N8O6. The second-order valence-corrected chi connectivity index (χ2v) is 17.3. The average Bonchev–Trinajstić information content (AvgIpc) is 3.75. The highest BCUT2D eigenvalue weighted by Gasteiger charge is 2.45. The maximum absolute atomic E-state index is 13.3. The van der Waals surface area contributed by atoms with Crippen molar-refractivity contribution < 1.29 is 42.3 Å². The minimum atomic E-state index is -4.70. The lowest BCUT2D eigenvalue weighted by atomic mass is 9.86. The summed E-state index contributed by atoms with van der Waals surface area (Å²) in [5.41, 5.74) is -0.539. The van der Waals surface area contributed by atoms with Gasteiger partial charge in [0, 0.05) is 48.0 Å². The molecule has 0 spiro atoms. The molecule has 1 unspecified atom stereocenters. The fourth-order valence-corrected chi connectivity index (χ4v) is 8.84. The number of aromatic nitrogens is 3. The lowest BCUT2D eigenvalue weighted by Gasteiger charge is -2.31. The van der Waals surface area contributed by atoms with Crippen molar-refractivity contribution in [1.82, 2.24) is 29.9 Å². The topological polar surface area (TPSA) is 179 Å². The van der Waals surface area contributed by atoms with E-state index in [-0.39, 0.29) is 41.4 Å². The summed E-state index contributed by atoms with van der Waals surface area (Å²) in [4.78, 5) is 70.4. The van der Waals surface area contributed by atoms with Crippen molar-refractivity contribution in [2.75, 3.05) is 37.3 Å². The number of carbonyl (C=O) groups excluding carboxylic acids is 5. The molecule has 2 aromatic heterocycles. The van der Waals surface area contributed by atoms with Crippen LogP contribution in [-0.4, -0.2) is 91.9 Å². The van der Waals surface area contributed by atoms with Crippen molar-refractivity contribution in [2.24, 2.45) is 5.92 Å². The minimum absolute atomic E-state index is 0.0736. The molecule has 1 saturated carbocycles. The van der Waals surface area contributed by atoms with E-state index in [4.69, 9.17) is 5.10 Å². The van der Waals surface area contributed by atoms with Gasteiger partial charge in [0.25, 0.3) is 17.7 Å². The molecule has 1 aliphatic carbocycles. The predicted octanol–water partition coefficient (Wildman–Crippen LogP) is 7.06. The number of amides is 5. The highest BCUT2D eigenvalue weighted by Crippen LogP contribution is 2.37. The van der Waals surface area contributed by atoms with Crippen LogP contribution in [0.3, 0.4) is 0 Å². The Labute approximate surface area is 357 Å². The van der Waals surface area contributed by atoms with Crippen molar-refractivity contribution in [3.63, 3.8) is 0 Å². The monoisotopic (exact) mass is 858 g/mol.